The van der Waals surface area contributed by atoms with E-state index in [-0.39, 0.29) is 11.3 Å². The SMILES string of the molecule is Cc1nn(C)c(C)c1NC(=O)COC(=O)c1ccc(CS(=O)(=O)CC#N)cc1. The van der Waals surface area contributed by atoms with Gasteiger partial charge in [-0.25, -0.2) is 13.2 Å². The number of sulfone groups is 1. The maximum atomic E-state index is 12.1. The molecule has 1 heterocycles. The molecule has 2 aromatic rings. The first-order chi connectivity index (χ1) is 13.1. The Bertz CT molecular complexity index is 1030. The highest BCUT2D eigenvalue weighted by Crippen LogP contribution is 2.18. The number of amides is 1. The van der Waals surface area contributed by atoms with Crippen molar-refractivity contribution < 1.29 is 22.7 Å². The maximum absolute atomic E-state index is 12.1. The molecule has 0 saturated heterocycles. The predicted molar refractivity (Wildman–Crippen MR) is 101 cm³/mol. The summed E-state index contributed by atoms with van der Waals surface area (Å²) in [5.74, 6) is -2.06. The number of nitrogens with one attached hydrogen (secondary N) is 1. The zero-order chi connectivity index (χ0) is 20.9. The van der Waals surface area contributed by atoms with E-state index in [2.05, 4.69) is 10.4 Å². The lowest BCUT2D eigenvalue weighted by Crippen LogP contribution is -2.21. The Morgan fingerprint density at radius 2 is 1.89 bits per heavy atom. The van der Waals surface area contributed by atoms with Crippen LogP contribution in [0, 0.1) is 25.2 Å². The van der Waals surface area contributed by atoms with Crippen molar-refractivity contribution in [2.45, 2.75) is 19.6 Å². The van der Waals surface area contributed by atoms with Gasteiger partial charge in [0.25, 0.3) is 5.91 Å². The van der Waals surface area contributed by atoms with Gasteiger partial charge in [0.2, 0.25) is 0 Å². The van der Waals surface area contributed by atoms with Crippen molar-refractivity contribution in [1.29, 1.82) is 5.26 Å². The van der Waals surface area contributed by atoms with Crippen LogP contribution in [0.4, 0.5) is 5.69 Å². The lowest BCUT2D eigenvalue weighted by Gasteiger charge is -2.08. The number of carbonyl (C=O) groups excluding carboxylic acids is 2. The van der Waals surface area contributed by atoms with Crippen LogP contribution in [0.2, 0.25) is 0 Å². The zero-order valence-electron chi connectivity index (χ0n) is 15.7. The molecule has 0 radical (unpaired) electrons. The van der Waals surface area contributed by atoms with Gasteiger partial charge in [-0.15, -0.1) is 0 Å². The number of aromatic nitrogens is 2. The van der Waals surface area contributed by atoms with E-state index in [0.717, 1.165) is 5.69 Å². The molecule has 0 bridgehead atoms. The van der Waals surface area contributed by atoms with E-state index in [4.69, 9.17) is 10.00 Å². The number of esters is 1. The molecule has 1 aromatic carbocycles. The number of hydrogen-bond donors (Lipinski definition) is 1. The van der Waals surface area contributed by atoms with Crippen LogP contribution in [0.15, 0.2) is 24.3 Å². The predicted octanol–water partition coefficient (Wildman–Crippen LogP) is 1.27. The quantitative estimate of drug-likeness (QED) is 0.687. The molecule has 0 fully saturated rings. The van der Waals surface area contributed by atoms with Gasteiger partial charge in [-0.1, -0.05) is 12.1 Å². The van der Waals surface area contributed by atoms with E-state index in [0.29, 0.717) is 16.9 Å². The van der Waals surface area contributed by atoms with Crippen LogP contribution in [-0.2, 0) is 32.2 Å². The summed E-state index contributed by atoms with van der Waals surface area (Å²) < 4.78 is 29.9. The minimum Gasteiger partial charge on any atom is -0.452 e. The molecule has 0 unspecified atom stereocenters. The molecule has 28 heavy (non-hydrogen) atoms. The van der Waals surface area contributed by atoms with Crippen LogP contribution < -0.4 is 5.32 Å². The van der Waals surface area contributed by atoms with Crippen molar-refractivity contribution in [3.63, 3.8) is 0 Å². The molecule has 148 valence electrons. The summed E-state index contributed by atoms with van der Waals surface area (Å²) in [5, 5.41) is 15.3. The van der Waals surface area contributed by atoms with Crippen molar-refractivity contribution in [2.75, 3.05) is 17.7 Å². The highest BCUT2D eigenvalue weighted by molar-refractivity contribution is 7.90. The Labute approximate surface area is 162 Å². The lowest BCUT2D eigenvalue weighted by atomic mass is 10.1. The van der Waals surface area contributed by atoms with Crippen LogP contribution in [0.3, 0.4) is 0 Å². The second-order valence-corrected chi connectivity index (χ2v) is 8.25. The van der Waals surface area contributed by atoms with Gasteiger partial charge < -0.3 is 10.1 Å². The summed E-state index contributed by atoms with van der Waals surface area (Å²) in [7, 11) is -1.75. The number of ether oxygens (including phenoxy) is 1. The number of aryl methyl sites for hydroxylation is 2. The number of nitriles is 1. The number of benzene rings is 1. The molecule has 0 atom stereocenters. The Balaban J connectivity index is 1.92. The highest BCUT2D eigenvalue weighted by Gasteiger charge is 2.16. The summed E-state index contributed by atoms with van der Waals surface area (Å²) in [4.78, 5) is 24.1. The number of anilines is 1. The van der Waals surface area contributed by atoms with Crippen molar-refractivity contribution >= 4 is 27.4 Å². The van der Waals surface area contributed by atoms with Gasteiger partial charge in [-0.2, -0.15) is 10.4 Å². The van der Waals surface area contributed by atoms with Crippen LogP contribution in [-0.4, -0.2) is 42.4 Å². The van der Waals surface area contributed by atoms with Gasteiger partial charge in [-0.05, 0) is 31.5 Å². The second-order valence-electron chi connectivity index (χ2n) is 6.18. The van der Waals surface area contributed by atoms with Gasteiger partial charge in [0.05, 0.1) is 34.5 Å². The standard InChI is InChI=1S/C18H20N4O5S/c1-12-17(13(2)22(3)21-12)20-16(23)10-27-18(24)15-6-4-14(5-7-15)11-28(25,26)9-8-19/h4-7H,9-11H2,1-3H3,(H,20,23). The fraction of sp³-hybridized carbons (Fsp3) is 0.333. The van der Waals surface area contributed by atoms with E-state index in [9.17, 15) is 18.0 Å². The minimum absolute atomic E-state index is 0.183. The molecular formula is C18H20N4O5S. The smallest absolute Gasteiger partial charge is 0.338 e. The lowest BCUT2D eigenvalue weighted by molar-refractivity contribution is -0.119. The summed E-state index contributed by atoms with van der Waals surface area (Å²) in [6.07, 6.45) is 0. The maximum Gasteiger partial charge on any atom is 0.338 e. The third-order valence-electron chi connectivity index (χ3n) is 3.97. The molecule has 0 spiro atoms. The van der Waals surface area contributed by atoms with Crippen molar-refractivity contribution in [3.8, 4) is 6.07 Å². The van der Waals surface area contributed by atoms with Gasteiger partial charge in [0, 0.05) is 7.05 Å². The third-order valence-corrected chi connectivity index (χ3v) is 5.31. The summed E-state index contributed by atoms with van der Waals surface area (Å²) >= 11 is 0. The first-order valence-corrected chi connectivity index (χ1v) is 10.1. The van der Waals surface area contributed by atoms with Crippen LogP contribution in [0.25, 0.3) is 0 Å². The molecule has 1 amide bonds. The number of carbonyl (C=O) groups is 2. The average Bonchev–Trinajstić information content (AvgIpc) is 2.86. The summed E-state index contributed by atoms with van der Waals surface area (Å²) in [5.41, 5.74) is 2.64. The van der Waals surface area contributed by atoms with E-state index in [1.54, 1.807) is 31.6 Å². The third kappa shape index (κ3) is 5.40. The summed E-state index contributed by atoms with van der Waals surface area (Å²) in [6.45, 7) is 3.10. The average molecular weight is 404 g/mol. The molecule has 10 heteroatoms. The zero-order valence-corrected chi connectivity index (χ0v) is 16.5. The summed E-state index contributed by atoms with van der Waals surface area (Å²) in [6, 6.07) is 7.36. The van der Waals surface area contributed by atoms with Gasteiger partial charge in [-0.3, -0.25) is 9.48 Å². The van der Waals surface area contributed by atoms with E-state index < -0.39 is 34.1 Å². The number of rotatable bonds is 7. The second kappa shape index (κ2) is 8.67. The van der Waals surface area contributed by atoms with Crippen molar-refractivity contribution in [3.05, 3.63) is 46.8 Å². The molecule has 1 N–H and O–H groups in total. The molecular weight excluding hydrogens is 384 g/mol. The molecule has 9 nitrogen and oxygen atoms in total. The van der Waals surface area contributed by atoms with Gasteiger partial charge >= 0.3 is 5.97 Å². The Morgan fingerprint density at radius 3 is 2.43 bits per heavy atom. The highest BCUT2D eigenvalue weighted by atomic mass is 32.2. The molecule has 0 aliphatic carbocycles. The topological polar surface area (TPSA) is 131 Å². The molecule has 0 aliphatic heterocycles. The largest absolute Gasteiger partial charge is 0.452 e. The normalized spacial score (nSPS) is 10.9. The fourth-order valence-electron chi connectivity index (χ4n) is 2.48. The fourth-order valence-corrected chi connectivity index (χ4v) is 3.48. The molecule has 1 aromatic heterocycles. The van der Waals surface area contributed by atoms with Crippen molar-refractivity contribution in [1.82, 2.24) is 9.78 Å². The molecule has 0 aliphatic rings. The van der Waals surface area contributed by atoms with Crippen molar-refractivity contribution in [2.24, 2.45) is 7.05 Å². The molecule has 2 rings (SSSR count). The van der Waals surface area contributed by atoms with E-state index in [1.165, 1.54) is 24.3 Å². The first kappa shape index (κ1) is 21.1. The van der Waals surface area contributed by atoms with Crippen LogP contribution in [0.5, 0.6) is 0 Å². The van der Waals surface area contributed by atoms with E-state index >= 15 is 0 Å². The number of nitrogens with zero attached hydrogens (tertiary/aromatic N) is 3. The monoisotopic (exact) mass is 404 g/mol. The van der Waals surface area contributed by atoms with Crippen LogP contribution >= 0.6 is 0 Å². The van der Waals surface area contributed by atoms with Gasteiger partial charge in [0.1, 0.15) is 5.75 Å². The van der Waals surface area contributed by atoms with E-state index in [1.807, 2.05) is 0 Å². The van der Waals surface area contributed by atoms with Gasteiger partial charge in [0.15, 0.2) is 16.4 Å². The Kier molecular flexibility index (Phi) is 6.53. The Morgan fingerprint density at radius 1 is 1.25 bits per heavy atom. The van der Waals surface area contributed by atoms with Crippen LogP contribution in [0.1, 0.15) is 27.3 Å². The number of hydrogen-bond acceptors (Lipinski definition) is 7. The molecule has 0 saturated carbocycles. The first-order valence-electron chi connectivity index (χ1n) is 8.26. The Hall–Kier alpha value is -3.19. The minimum atomic E-state index is -3.51.